The summed E-state index contributed by atoms with van der Waals surface area (Å²) in [6, 6.07) is 0. The molecular formula is C14H15BrN2O3S. The van der Waals surface area contributed by atoms with Crippen molar-refractivity contribution >= 4 is 39.1 Å². The SMILES string of the molecule is NC(=O)[C@]1(c2ncc(Br)s2)[C@H](C(=O)O)[C@H]2CC[C@H]1C21CC1. The van der Waals surface area contributed by atoms with Crippen LogP contribution in [0.5, 0.6) is 0 Å². The molecule has 1 aromatic rings. The van der Waals surface area contributed by atoms with Crippen molar-refractivity contribution in [2.24, 2.45) is 28.9 Å². The molecule has 7 heteroatoms. The number of carboxylic acid groups (broad SMARTS) is 1. The van der Waals surface area contributed by atoms with Crippen LogP contribution in [0.3, 0.4) is 0 Å². The second kappa shape index (κ2) is 4.07. The summed E-state index contributed by atoms with van der Waals surface area (Å²) < 4.78 is 0.801. The van der Waals surface area contributed by atoms with Crippen molar-refractivity contribution in [1.82, 2.24) is 4.98 Å². The molecule has 4 rings (SSSR count). The van der Waals surface area contributed by atoms with Gasteiger partial charge in [-0.15, -0.1) is 11.3 Å². The van der Waals surface area contributed by atoms with Crippen molar-refractivity contribution in [3.8, 4) is 0 Å². The molecule has 3 aliphatic carbocycles. The van der Waals surface area contributed by atoms with Crippen molar-refractivity contribution in [3.63, 3.8) is 0 Å². The minimum absolute atomic E-state index is 0.0240. The monoisotopic (exact) mass is 370 g/mol. The summed E-state index contributed by atoms with van der Waals surface area (Å²) in [5, 5.41) is 10.4. The number of aliphatic carboxylic acids is 1. The number of primary amides is 1. The van der Waals surface area contributed by atoms with Gasteiger partial charge < -0.3 is 10.8 Å². The highest BCUT2D eigenvalue weighted by Crippen LogP contribution is 2.78. The number of hydrogen-bond acceptors (Lipinski definition) is 4. The van der Waals surface area contributed by atoms with Crippen molar-refractivity contribution in [1.29, 1.82) is 0 Å². The predicted octanol–water partition coefficient (Wildman–Crippen LogP) is 2.15. The van der Waals surface area contributed by atoms with E-state index in [1.54, 1.807) is 6.20 Å². The third kappa shape index (κ3) is 1.44. The third-order valence-electron chi connectivity index (χ3n) is 5.97. The molecule has 21 heavy (non-hydrogen) atoms. The number of amides is 1. The van der Waals surface area contributed by atoms with Gasteiger partial charge in [-0.05, 0) is 58.9 Å². The van der Waals surface area contributed by atoms with Gasteiger partial charge in [0.05, 0.1) is 15.9 Å². The molecule has 0 aliphatic heterocycles. The number of nitrogens with zero attached hydrogens (tertiary/aromatic N) is 1. The second-order valence-corrected chi connectivity index (χ2v) is 8.90. The summed E-state index contributed by atoms with van der Waals surface area (Å²) in [4.78, 5) is 28.8. The summed E-state index contributed by atoms with van der Waals surface area (Å²) in [6.45, 7) is 0. The number of carbonyl (C=O) groups is 2. The summed E-state index contributed by atoms with van der Waals surface area (Å²) in [5.41, 5.74) is 4.69. The fraction of sp³-hybridized carbons (Fsp3) is 0.643. The zero-order valence-corrected chi connectivity index (χ0v) is 13.6. The molecule has 1 heterocycles. The van der Waals surface area contributed by atoms with Crippen molar-refractivity contribution < 1.29 is 14.7 Å². The third-order valence-corrected chi connectivity index (χ3v) is 7.60. The van der Waals surface area contributed by atoms with Crippen LogP contribution >= 0.6 is 27.3 Å². The first-order valence-corrected chi connectivity index (χ1v) is 8.70. The maximum Gasteiger partial charge on any atom is 0.308 e. The Balaban J connectivity index is 1.96. The molecule has 3 saturated carbocycles. The second-order valence-electron chi connectivity index (χ2n) is 6.49. The molecule has 1 spiro atoms. The van der Waals surface area contributed by atoms with Crippen LogP contribution in [-0.4, -0.2) is 22.0 Å². The Labute approximate surface area is 134 Å². The summed E-state index contributed by atoms with van der Waals surface area (Å²) in [6.07, 6.45) is 5.45. The number of rotatable bonds is 3. The Bertz CT molecular complexity index is 656. The maximum atomic E-state index is 12.5. The zero-order chi connectivity index (χ0) is 15.0. The first-order chi connectivity index (χ1) is 9.94. The van der Waals surface area contributed by atoms with Crippen LogP contribution in [0.25, 0.3) is 0 Å². The highest BCUT2D eigenvalue weighted by atomic mass is 79.9. The normalized spacial score (nSPS) is 38.8. The highest BCUT2D eigenvalue weighted by Gasteiger charge is 2.79. The van der Waals surface area contributed by atoms with E-state index in [1.165, 1.54) is 11.3 Å². The van der Waals surface area contributed by atoms with Crippen LogP contribution in [-0.2, 0) is 15.0 Å². The molecule has 3 aliphatic rings. The molecule has 0 aromatic carbocycles. The van der Waals surface area contributed by atoms with E-state index in [-0.39, 0.29) is 17.3 Å². The van der Waals surface area contributed by atoms with Gasteiger partial charge in [0.1, 0.15) is 10.4 Å². The minimum atomic E-state index is -1.12. The molecule has 0 saturated heterocycles. The van der Waals surface area contributed by atoms with E-state index in [4.69, 9.17) is 5.73 Å². The van der Waals surface area contributed by atoms with Gasteiger partial charge in [-0.1, -0.05) is 0 Å². The summed E-state index contributed by atoms with van der Waals surface area (Å²) in [7, 11) is 0. The van der Waals surface area contributed by atoms with Crippen LogP contribution in [0.4, 0.5) is 0 Å². The number of aromatic nitrogens is 1. The van der Waals surface area contributed by atoms with E-state index in [1.807, 2.05) is 0 Å². The number of thiazole rings is 1. The number of carbonyl (C=O) groups excluding carboxylic acids is 1. The first-order valence-electron chi connectivity index (χ1n) is 7.09. The minimum Gasteiger partial charge on any atom is -0.481 e. The average molecular weight is 371 g/mol. The molecule has 1 amide bonds. The largest absolute Gasteiger partial charge is 0.481 e. The maximum absolute atomic E-state index is 12.5. The lowest BCUT2D eigenvalue weighted by Gasteiger charge is -2.37. The number of nitrogens with two attached hydrogens (primary N) is 1. The van der Waals surface area contributed by atoms with Crippen LogP contribution < -0.4 is 5.73 Å². The molecule has 1 aromatic heterocycles. The van der Waals surface area contributed by atoms with Gasteiger partial charge in [0, 0.05) is 0 Å². The summed E-state index contributed by atoms with van der Waals surface area (Å²) >= 11 is 4.71. The fourth-order valence-electron chi connectivity index (χ4n) is 5.28. The topological polar surface area (TPSA) is 93.3 Å². The average Bonchev–Trinajstić information content (AvgIpc) is 2.88. The Hall–Kier alpha value is -0.950. The van der Waals surface area contributed by atoms with Gasteiger partial charge in [0.2, 0.25) is 5.91 Å². The lowest BCUT2D eigenvalue weighted by atomic mass is 9.65. The van der Waals surface area contributed by atoms with Crippen molar-refractivity contribution in [3.05, 3.63) is 15.0 Å². The van der Waals surface area contributed by atoms with E-state index in [0.29, 0.717) is 5.01 Å². The van der Waals surface area contributed by atoms with E-state index >= 15 is 0 Å². The Morgan fingerprint density at radius 3 is 2.62 bits per heavy atom. The lowest BCUT2D eigenvalue weighted by Crippen LogP contribution is -2.53. The highest BCUT2D eigenvalue weighted by molar-refractivity contribution is 9.11. The zero-order valence-electron chi connectivity index (χ0n) is 11.2. The predicted molar refractivity (Wildman–Crippen MR) is 79.7 cm³/mol. The smallest absolute Gasteiger partial charge is 0.308 e. The van der Waals surface area contributed by atoms with Gasteiger partial charge in [0.15, 0.2) is 0 Å². The molecule has 3 fully saturated rings. The summed E-state index contributed by atoms with van der Waals surface area (Å²) in [5.74, 6) is -2.05. The van der Waals surface area contributed by atoms with Gasteiger partial charge in [-0.3, -0.25) is 9.59 Å². The van der Waals surface area contributed by atoms with E-state index < -0.39 is 23.2 Å². The van der Waals surface area contributed by atoms with Crippen LogP contribution in [0.2, 0.25) is 0 Å². The van der Waals surface area contributed by atoms with Gasteiger partial charge in [-0.2, -0.15) is 0 Å². The molecular weight excluding hydrogens is 356 g/mol. The van der Waals surface area contributed by atoms with Crippen LogP contribution in [0, 0.1) is 23.2 Å². The van der Waals surface area contributed by atoms with Crippen molar-refractivity contribution in [2.75, 3.05) is 0 Å². The molecule has 5 nitrogen and oxygen atoms in total. The Morgan fingerprint density at radius 1 is 1.43 bits per heavy atom. The lowest BCUT2D eigenvalue weighted by molar-refractivity contribution is -0.150. The molecule has 2 bridgehead atoms. The van der Waals surface area contributed by atoms with Gasteiger partial charge >= 0.3 is 5.97 Å². The van der Waals surface area contributed by atoms with E-state index in [2.05, 4.69) is 20.9 Å². The number of carboxylic acids is 1. The van der Waals surface area contributed by atoms with E-state index in [0.717, 1.165) is 29.5 Å². The van der Waals surface area contributed by atoms with Crippen LogP contribution in [0.1, 0.15) is 30.7 Å². The first kappa shape index (κ1) is 13.7. The van der Waals surface area contributed by atoms with Gasteiger partial charge in [0.25, 0.3) is 0 Å². The quantitative estimate of drug-likeness (QED) is 0.852. The standard InChI is InChI=1S/C14H15BrN2O3S/c15-8-5-17-12(21-8)14(11(16)20)7-2-1-6(9(14)10(18)19)13(7)3-4-13/h5-7,9H,1-4H2,(H2,16,20)(H,18,19)/t6-,7+,9+,14-/m1/s1. The molecule has 0 radical (unpaired) electrons. The van der Waals surface area contributed by atoms with Crippen molar-refractivity contribution in [2.45, 2.75) is 31.1 Å². The van der Waals surface area contributed by atoms with Gasteiger partial charge in [-0.25, -0.2) is 4.98 Å². The number of halogens is 1. The molecule has 3 N–H and O–H groups in total. The molecule has 4 atom stereocenters. The Morgan fingerprint density at radius 2 is 2.14 bits per heavy atom. The van der Waals surface area contributed by atoms with E-state index in [9.17, 15) is 14.7 Å². The van der Waals surface area contributed by atoms with Crippen LogP contribution in [0.15, 0.2) is 9.98 Å². The fourth-order valence-corrected chi connectivity index (χ4v) is 6.78. The molecule has 112 valence electrons. The number of hydrogen-bond donors (Lipinski definition) is 2. The Kier molecular flexibility index (Phi) is 2.65. The molecule has 0 unspecified atom stereocenters.